The van der Waals surface area contributed by atoms with Gasteiger partial charge in [0.2, 0.25) is 5.91 Å². The second-order valence-corrected chi connectivity index (χ2v) is 9.98. The molecule has 7 atom stereocenters. The van der Waals surface area contributed by atoms with Crippen molar-refractivity contribution in [3.63, 3.8) is 0 Å². The zero-order valence-electron chi connectivity index (χ0n) is 23.0. The Morgan fingerprint density at radius 2 is 1.95 bits per heavy atom. The van der Waals surface area contributed by atoms with Crippen LogP contribution in [0.1, 0.15) is 25.3 Å². The van der Waals surface area contributed by atoms with Gasteiger partial charge in [-0.25, -0.2) is 9.18 Å². The number of benzene rings is 1. The molecule has 5 N–H and O–H groups in total. The van der Waals surface area contributed by atoms with Gasteiger partial charge in [-0.1, -0.05) is 55.5 Å². The second kappa shape index (κ2) is 14.5. The Morgan fingerprint density at radius 1 is 1.24 bits per heavy atom. The number of hydrogen-bond donors (Lipinski definition) is 5. The molecule has 1 saturated heterocycles. The van der Waals surface area contributed by atoms with Gasteiger partial charge >= 0.3 is 5.97 Å². The number of alkyl halides is 1. The van der Waals surface area contributed by atoms with Crippen molar-refractivity contribution in [2.45, 2.75) is 56.0 Å². The first-order chi connectivity index (χ1) is 19.6. The SMILES string of the molecule is C=CCOC1(C(=O)OC)CC(O)C(NC(=O)CF)C([C@@H](O)C(O)CNC(=O)C2=CC=C(c3ccccc3)C(C)C2)O1. The van der Waals surface area contributed by atoms with Gasteiger partial charge in [-0.3, -0.25) is 9.59 Å². The first kappa shape index (κ1) is 32.1. The maximum atomic E-state index is 13.0. The van der Waals surface area contributed by atoms with Crippen molar-refractivity contribution >= 4 is 23.4 Å². The first-order valence-electron chi connectivity index (χ1n) is 13.2. The lowest BCUT2D eigenvalue weighted by atomic mass is 9.84. The highest BCUT2D eigenvalue weighted by Gasteiger charge is 2.56. The van der Waals surface area contributed by atoms with Crippen LogP contribution in [0, 0.1) is 5.92 Å². The van der Waals surface area contributed by atoms with E-state index < -0.39 is 73.7 Å². The quantitative estimate of drug-likeness (QED) is 0.177. The lowest BCUT2D eigenvalue weighted by Gasteiger charge is -2.46. The molecule has 0 bridgehead atoms. The number of nitrogens with one attached hydrogen (secondary N) is 2. The Kier molecular flexibility index (Phi) is 11.3. The highest BCUT2D eigenvalue weighted by Crippen LogP contribution is 2.35. The zero-order chi connectivity index (χ0) is 30.2. The van der Waals surface area contributed by atoms with Crippen LogP contribution in [0.2, 0.25) is 0 Å². The minimum atomic E-state index is -2.22. The normalized spacial score (nSPS) is 27.5. The number of aliphatic hydroxyl groups is 3. The summed E-state index contributed by atoms with van der Waals surface area (Å²) in [7, 11) is 1.06. The molecular formula is C29H37FN2O9. The number of halogens is 1. The van der Waals surface area contributed by atoms with Crippen LogP contribution in [-0.2, 0) is 28.6 Å². The molecule has 0 aromatic heterocycles. The van der Waals surface area contributed by atoms with Gasteiger partial charge in [0.15, 0.2) is 6.67 Å². The Balaban J connectivity index is 1.75. The third kappa shape index (κ3) is 7.66. The van der Waals surface area contributed by atoms with Crippen molar-refractivity contribution in [2.75, 3.05) is 26.9 Å². The minimum Gasteiger partial charge on any atom is -0.465 e. The van der Waals surface area contributed by atoms with Crippen LogP contribution in [0.25, 0.3) is 5.57 Å². The smallest absolute Gasteiger partial charge is 0.366 e. The summed E-state index contributed by atoms with van der Waals surface area (Å²) >= 11 is 0. The Hall–Kier alpha value is -3.42. The van der Waals surface area contributed by atoms with Gasteiger partial charge < -0.3 is 40.2 Å². The third-order valence-electron chi connectivity index (χ3n) is 7.08. The van der Waals surface area contributed by atoms with Gasteiger partial charge in [0.05, 0.1) is 32.0 Å². The molecule has 224 valence electrons. The third-order valence-corrected chi connectivity index (χ3v) is 7.08. The largest absolute Gasteiger partial charge is 0.465 e. The number of aliphatic hydroxyl groups excluding tert-OH is 3. The Labute approximate surface area is 237 Å². The number of ether oxygens (including phenoxy) is 3. The van der Waals surface area contributed by atoms with Crippen molar-refractivity contribution in [3.8, 4) is 0 Å². The predicted molar refractivity (Wildman–Crippen MR) is 146 cm³/mol. The fourth-order valence-electron chi connectivity index (χ4n) is 4.97. The molecule has 1 aromatic carbocycles. The van der Waals surface area contributed by atoms with Crippen molar-refractivity contribution in [1.82, 2.24) is 10.6 Å². The lowest BCUT2D eigenvalue weighted by Crippen LogP contribution is -2.68. The van der Waals surface area contributed by atoms with E-state index in [-0.39, 0.29) is 12.5 Å². The average Bonchev–Trinajstić information content (AvgIpc) is 2.99. The van der Waals surface area contributed by atoms with Gasteiger partial charge in [-0.2, -0.15) is 0 Å². The molecule has 1 heterocycles. The minimum absolute atomic E-state index is 0.0534. The second-order valence-electron chi connectivity index (χ2n) is 9.98. The predicted octanol–water partition coefficient (Wildman–Crippen LogP) is 0.550. The molecule has 2 amide bonds. The van der Waals surface area contributed by atoms with Crippen LogP contribution in [0.3, 0.4) is 0 Å². The van der Waals surface area contributed by atoms with E-state index in [0.717, 1.165) is 18.2 Å². The summed E-state index contributed by atoms with van der Waals surface area (Å²) in [5, 5.41) is 37.4. The van der Waals surface area contributed by atoms with Gasteiger partial charge in [0, 0.05) is 18.5 Å². The number of rotatable bonds is 12. The molecule has 2 aliphatic rings. The van der Waals surface area contributed by atoms with E-state index >= 15 is 0 Å². The molecule has 41 heavy (non-hydrogen) atoms. The highest BCUT2D eigenvalue weighted by molar-refractivity contribution is 5.95. The molecule has 12 heteroatoms. The highest BCUT2D eigenvalue weighted by atomic mass is 19.1. The van der Waals surface area contributed by atoms with E-state index in [2.05, 4.69) is 17.2 Å². The maximum Gasteiger partial charge on any atom is 0.366 e. The molecule has 1 fully saturated rings. The molecule has 0 spiro atoms. The summed E-state index contributed by atoms with van der Waals surface area (Å²) in [6, 6.07) is 8.34. The molecule has 0 saturated carbocycles. The standard InChI is InChI=1S/C29H37FN2O9/c1-4-12-40-29(28(38)39-3)14-21(33)24(32-23(35)15-30)26(41-29)25(36)22(34)16-31-27(37)19-10-11-20(17(2)13-19)18-8-6-5-7-9-18/h4-11,17,21-22,24-26,33-34,36H,1,12-16H2,2-3H3,(H,31,37)(H,32,35)/t17?,21?,22?,24?,25-,26?,29?/m0/s1. The maximum absolute atomic E-state index is 13.0. The van der Waals surface area contributed by atoms with Gasteiger partial charge in [-0.15, -0.1) is 6.58 Å². The van der Waals surface area contributed by atoms with E-state index in [0.29, 0.717) is 12.0 Å². The summed E-state index contributed by atoms with van der Waals surface area (Å²) in [5.74, 6) is -4.79. The number of methoxy groups -OCH3 is 1. The number of hydrogen-bond acceptors (Lipinski definition) is 9. The summed E-state index contributed by atoms with van der Waals surface area (Å²) < 4.78 is 29.0. The average molecular weight is 577 g/mol. The van der Waals surface area contributed by atoms with Crippen LogP contribution in [0.5, 0.6) is 0 Å². The van der Waals surface area contributed by atoms with E-state index in [4.69, 9.17) is 14.2 Å². The number of carbonyl (C=O) groups excluding carboxylic acids is 3. The van der Waals surface area contributed by atoms with Crippen molar-refractivity contribution in [2.24, 2.45) is 5.92 Å². The lowest BCUT2D eigenvalue weighted by molar-refractivity contribution is -0.308. The molecule has 0 radical (unpaired) electrons. The zero-order valence-corrected chi connectivity index (χ0v) is 23.0. The van der Waals surface area contributed by atoms with E-state index in [9.17, 15) is 34.1 Å². The number of allylic oxidation sites excluding steroid dienone is 3. The van der Waals surface area contributed by atoms with Crippen molar-refractivity contribution < 1.29 is 48.3 Å². The van der Waals surface area contributed by atoms with Crippen molar-refractivity contribution in [1.29, 1.82) is 0 Å². The van der Waals surface area contributed by atoms with Crippen LogP contribution in [-0.4, -0.2) is 96.3 Å². The van der Waals surface area contributed by atoms with Crippen LogP contribution in [0.4, 0.5) is 4.39 Å². The molecular weight excluding hydrogens is 539 g/mol. The summed E-state index contributed by atoms with van der Waals surface area (Å²) in [5.41, 5.74) is 2.61. The van der Waals surface area contributed by atoms with E-state index in [1.165, 1.54) is 6.08 Å². The monoisotopic (exact) mass is 576 g/mol. The van der Waals surface area contributed by atoms with Crippen molar-refractivity contribution in [3.05, 3.63) is 66.3 Å². The van der Waals surface area contributed by atoms with E-state index in [1.807, 2.05) is 43.3 Å². The summed E-state index contributed by atoms with van der Waals surface area (Å²) in [6.45, 7) is 3.42. The summed E-state index contributed by atoms with van der Waals surface area (Å²) in [6.07, 6.45) is -2.03. The molecule has 3 rings (SSSR count). The number of esters is 1. The van der Waals surface area contributed by atoms with Crippen LogP contribution >= 0.6 is 0 Å². The van der Waals surface area contributed by atoms with Crippen LogP contribution < -0.4 is 10.6 Å². The van der Waals surface area contributed by atoms with Gasteiger partial charge in [-0.05, 0) is 23.5 Å². The molecule has 6 unspecified atom stereocenters. The fraction of sp³-hybridized carbons (Fsp3) is 0.483. The van der Waals surface area contributed by atoms with Gasteiger partial charge in [0.25, 0.3) is 11.7 Å². The summed E-state index contributed by atoms with van der Waals surface area (Å²) in [4.78, 5) is 37.3. The molecule has 1 aromatic rings. The molecule has 11 nitrogen and oxygen atoms in total. The topological polar surface area (TPSA) is 164 Å². The number of amides is 2. The van der Waals surface area contributed by atoms with Gasteiger partial charge in [0.1, 0.15) is 12.2 Å². The molecule has 1 aliphatic carbocycles. The Bertz CT molecular complexity index is 1160. The van der Waals surface area contributed by atoms with Crippen LogP contribution in [0.15, 0.2) is 60.7 Å². The Morgan fingerprint density at radius 3 is 2.56 bits per heavy atom. The first-order valence-corrected chi connectivity index (χ1v) is 13.2. The number of carbonyl (C=O) groups is 3. The van der Waals surface area contributed by atoms with E-state index in [1.54, 1.807) is 6.08 Å². The fourth-order valence-corrected chi connectivity index (χ4v) is 4.97. The molecule has 1 aliphatic heterocycles.